The maximum atomic E-state index is 13.0. The van der Waals surface area contributed by atoms with Crippen LogP contribution in [0.4, 0.5) is 10.5 Å². The lowest BCUT2D eigenvalue weighted by molar-refractivity contribution is -0.384. The fourth-order valence-electron chi connectivity index (χ4n) is 4.28. The van der Waals surface area contributed by atoms with Crippen LogP contribution in [0.5, 0.6) is 11.5 Å². The molecule has 0 unspecified atom stereocenters. The number of thioether (sulfide) groups is 1. The first kappa shape index (κ1) is 27.6. The Morgan fingerprint density at radius 1 is 0.927 bits per heavy atom. The minimum absolute atomic E-state index is 0.160. The van der Waals surface area contributed by atoms with E-state index in [-0.39, 0.29) is 16.2 Å². The van der Waals surface area contributed by atoms with Crippen molar-refractivity contribution in [1.82, 2.24) is 4.90 Å². The number of carbonyl (C=O) groups excluding carboxylic acids is 3. The number of ether oxygens (including phenoxy) is 2. The summed E-state index contributed by atoms with van der Waals surface area (Å²) in [4.78, 5) is 49.5. The minimum Gasteiger partial charge on any atom is -0.490 e. The quantitative estimate of drug-likeness (QED) is 0.0904. The summed E-state index contributed by atoms with van der Waals surface area (Å²) in [6.07, 6.45) is 1.57. The summed E-state index contributed by atoms with van der Waals surface area (Å²) in [6.45, 7) is 2.13. The number of non-ortho nitro benzene ring substituents is 1. The molecule has 1 saturated heterocycles. The van der Waals surface area contributed by atoms with Crippen LogP contribution in [0.2, 0.25) is 0 Å². The number of nitrogens with zero attached hydrogens (tertiary/aromatic N) is 2. The number of imide groups is 1. The van der Waals surface area contributed by atoms with Crippen molar-refractivity contribution >= 4 is 51.2 Å². The van der Waals surface area contributed by atoms with Crippen LogP contribution in [-0.2, 0) is 11.4 Å². The van der Waals surface area contributed by atoms with Gasteiger partial charge in [0.2, 0.25) is 0 Å². The van der Waals surface area contributed by atoms with Crippen molar-refractivity contribution in [2.75, 3.05) is 13.2 Å². The fourth-order valence-corrected chi connectivity index (χ4v) is 5.12. The van der Waals surface area contributed by atoms with Gasteiger partial charge < -0.3 is 9.47 Å². The molecule has 0 atom stereocenters. The number of nitro groups is 1. The summed E-state index contributed by atoms with van der Waals surface area (Å²) in [6, 6.07) is 24.5. The molecule has 0 saturated carbocycles. The topological polar surface area (TPSA) is 116 Å². The summed E-state index contributed by atoms with van der Waals surface area (Å²) in [5.41, 5.74) is 1.64. The van der Waals surface area contributed by atoms with Crippen LogP contribution in [0.3, 0.4) is 0 Å². The van der Waals surface area contributed by atoms with Crippen molar-refractivity contribution in [3.8, 4) is 11.5 Å². The zero-order valence-electron chi connectivity index (χ0n) is 21.9. The summed E-state index contributed by atoms with van der Waals surface area (Å²) in [5.74, 6) is -0.0616. The van der Waals surface area contributed by atoms with Gasteiger partial charge in [0.05, 0.1) is 23.0 Å². The third-order valence-corrected chi connectivity index (χ3v) is 7.26. The lowest BCUT2D eigenvalue weighted by Gasteiger charge is -2.13. The molecule has 206 valence electrons. The van der Waals surface area contributed by atoms with Crippen molar-refractivity contribution in [3.63, 3.8) is 0 Å². The molecule has 1 aliphatic heterocycles. The number of hydrogen-bond acceptors (Lipinski definition) is 8. The lowest BCUT2D eigenvalue weighted by Crippen LogP contribution is -2.33. The van der Waals surface area contributed by atoms with Gasteiger partial charge in [-0.3, -0.25) is 29.4 Å². The van der Waals surface area contributed by atoms with E-state index in [4.69, 9.17) is 9.47 Å². The van der Waals surface area contributed by atoms with Crippen molar-refractivity contribution in [3.05, 3.63) is 117 Å². The molecule has 2 amide bonds. The van der Waals surface area contributed by atoms with Gasteiger partial charge in [-0.1, -0.05) is 42.5 Å². The number of ketones is 1. The van der Waals surface area contributed by atoms with Crippen LogP contribution in [0.1, 0.15) is 28.4 Å². The van der Waals surface area contributed by atoms with E-state index in [0.717, 1.165) is 33.0 Å². The summed E-state index contributed by atoms with van der Waals surface area (Å²) in [5, 5.41) is 12.5. The third-order valence-electron chi connectivity index (χ3n) is 6.35. The van der Waals surface area contributed by atoms with Crippen LogP contribution in [0, 0.1) is 10.1 Å². The number of rotatable bonds is 10. The predicted molar refractivity (Wildman–Crippen MR) is 156 cm³/mol. The Bertz CT molecular complexity index is 1700. The normalized spacial score (nSPS) is 14.1. The summed E-state index contributed by atoms with van der Waals surface area (Å²) < 4.78 is 11.8. The highest BCUT2D eigenvalue weighted by molar-refractivity contribution is 8.18. The van der Waals surface area contributed by atoms with Gasteiger partial charge in [0, 0.05) is 17.7 Å². The van der Waals surface area contributed by atoms with E-state index in [1.807, 2.05) is 37.3 Å². The van der Waals surface area contributed by atoms with Crippen LogP contribution in [0.15, 0.2) is 89.8 Å². The molecule has 1 aliphatic rings. The Morgan fingerprint density at radius 2 is 1.68 bits per heavy atom. The monoisotopic (exact) mass is 568 g/mol. The molecule has 10 heteroatoms. The predicted octanol–water partition coefficient (Wildman–Crippen LogP) is 6.64. The standard InChI is InChI=1S/C31H24N2O7S/c1-2-39-28-16-20(8-14-27(28)40-19-21-7-9-22-5-3-4-6-24(22)15-21)17-29-30(35)32(31(36)41-29)18-26(34)23-10-12-25(13-11-23)33(37)38/h3-17H,2,18-19H2,1H3/b29-17+. The first-order valence-electron chi connectivity index (χ1n) is 12.7. The molecule has 0 bridgehead atoms. The second-order valence-electron chi connectivity index (χ2n) is 9.10. The molecular weight excluding hydrogens is 544 g/mol. The van der Waals surface area contributed by atoms with Crippen molar-refractivity contribution in [1.29, 1.82) is 0 Å². The van der Waals surface area contributed by atoms with Crippen LogP contribution in [0.25, 0.3) is 16.8 Å². The zero-order valence-corrected chi connectivity index (χ0v) is 22.8. The highest BCUT2D eigenvalue weighted by Gasteiger charge is 2.36. The van der Waals surface area contributed by atoms with E-state index in [0.29, 0.717) is 30.3 Å². The van der Waals surface area contributed by atoms with Crippen molar-refractivity contribution in [2.24, 2.45) is 0 Å². The number of benzene rings is 4. The summed E-state index contributed by atoms with van der Waals surface area (Å²) >= 11 is 0.737. The maximum absolute atomic E-state index is 13.0. The van der Waals surface area contributed by atoms with E-state index in [1.54, 1.807) is 24.3 Å². The molecule has 0 aromatic heterocycles. The smallest absolute Gasteiger partial charge is 0.293 e. The van der Waals surface area contributed by atoms with Crippen molar-refractivity contribution in [2.45, 2.75) is 13.5 Å². The van der Waals surface area contributed by atoms with E-state index in [2.05, 4.69) is 12.1 Å². The fraction of sp³-hybridized carbons (Fsp3) is 0.129. The first-order chi connectivity index (χ1) is 19.8. The summed E-state index contributed by atoms with van der Waals surface area (Å²) in [7, 11) is 0. The molecular formula is C31H24N2O7S. The number of amides is 2. The van der Waals surface area contributed by atoms with E-state index in [1.165, 1.54) is 24.3 Å². The van der Waals surface area contributed by atoms with Crippen LogP contribution in [-0.4, -0.2) is 39.9 Å². The number of nitro benzene ring substituents is 1. The minimum atomic E-state index is -0.593. The molecule has 1 heterocycles. The maximum Gasteiger partial charge on any atom is 0.293 e. The Balaban J connectivity index is 1.28. The molecule has 4 aromatic rings. The molecule has 9 nitrogen and oxygen atoms in total. The molecule has 41 heavy (non-hydrogen) atoms. The van der Waals surface area contributed by atoms with E-state index >= 15 is 0 Å². The van der Waals surface area contributed by atoms with Gasteiger partial charge >= 0.3 is 0 Å². The van der Waals surface area contributed by atoms with Crippen molar-refractivity contribution < 1.29 is 28.8 Å². The largest absolute Gasteiger partial charge is 0.490 e. The average Bonchev–Trinajstić information content (AvgIpc) is 3.24. The molecule has 5 rings (SSSR count). The molecule has 0 spiro atoms. The number of fused-ring (bicyclic) bond motifs is 1. The van der Waals surface area contributed by atoms with Gasteiger partial charge in [-0.15, -0.1) is 0 Å². The van der Waals surface area contributed by atoms with E-state index < -0.39 is 28.4 Å². The lowest BCUT2D eigenvalue weighted by atomic mass is 10.1. The Labute approximate surface area is 239 Å². The van der Waals surface area contributed by atoms with Crippen LogP contribution < -0.4 is 9.47 Å². The second kappa shape index (κ2) is 12.1. The van der Waals surface area contributed by atoms with Gasteiger partial charge in [0.15, 0.2) is 17.3 Å². The van der Waals surface area contributed by atoms with Gasteiger partial charge in [0.1, 0.15) is 6.61 Å². The molecule has 0 radical (unpaired) electrons. The Kier molecular flexibility index (Phi) is 8.11. The van der Waals surface area contributed by atoms with Gasteiger partial charge in [-0.25, -0.2) is 0 Å². The number of carbonyl (C=O) groups is 3. The number of Topliss-reactive ketones (excluding diaryl/α,β-unsaturated/α-hetero) is 1. The molecule has 1 fully saturated rings. The number of hydrogen-bond donors (Lipinski definition) is 0. The Morgan fingerprint density at radius 3 is 2.41 bits per heavy atom. The van der Waals surface area contributed by atoms with E-state index in [9.17, 15) is 24.5 Å². The molecule has 4 aromatic carbocycles. The van der Waals surface area contributed by atoms with Gasteiger partial charge in [-0.05, 0) is 77.0 Å². The molecule has 0 N–H and O–H groups in total. The van der Waals surface area contributed by atoms with Crippen LogP contribution >= 0.6 is 11.8 Å². The Hall–Kier alpha value is -4.96. The van der Waals surface area contributed by atoms with Gasteiger partial charge in [0.25, 0.3) is 16.8 Å². The van der Waals surface area contributed by atoms with Gasteiger partial charge in [-0.2, -0.15) is 0 Å². The zero-order chi connectivity index (χ0) is 28.9. The average molecular weight is 569 g/mol. The first-order valence-corrected chi connectivity index (χ1v) is 13.5. The highest BCUT2D eigenvalue weighted by Crippen LogP contribution is 2.35. The molecule has 0 aliphatic carbocycles. The second-order valence-corrected chi connectivity index (χ2v) is 10.1. The highest BCUT2D eigenvalue weighted by atomic mass is 32.2. The SMILES string of the molecule is CCOc1cc(/C=C2/SC(=O)N(CC(=O)c3ccc([N+](=O)[O-])cc3)C2=O)ccc1OCc1ccc2ccccc2c1. The third kappa shape index (κ3) is 6.28.